The first kappa shape index (κ1) is 23.0. The van der Waals surface area contributed by atoms with Crippen LogP contribution < -0.4 is 9.05 Å². The summed E-state index contributed by atoms with van der Waals surface area (Å²) >= 11 is 6.51. The van der Waals surface area contributed by atoms with Gasteiger partial charge in [-0.3, -0.25) is 0 Å². The summed E-state index contributed by atoms with van der Waals surface area (Å²) in [5, 5.41) is 0. The Balaban J connectivity index is 2.27. The molecule has 6 heteroatoms. The molecule has 0 aliphatic heterocycles. The average Bonchev–Trinajstić information content (AvgIpc) is 2.60. The van der Waals surface area contributed by atoms with Crippen molar-refractivity contribution >= 4 is 35.5 Å². The molecule has 0 aromatic heterocycles. The minimum absolute atomic E-state index is 0.0299. The van der Waals surface area contributed by atoms with Crippen LogP contribution in [0.25, 0.3) is 0 Å². The van der Waals surface area contributed by atoms with E-state index in [1.165, 1.54) is 22.9 Å². The van der Waals surface area contributed by atoms with Gasteiger partial charge in [0.2, 0.25) is 0 Å². The maximum atomic E-state index is 13.4. The molecule has 0 saturated carbocycles. The van der Waals surface area contributed by atoms with Gasteiger partial charge in [0, 0.05) is 0 Å². The summed E-state index contributed by atoms with van der Waals surface area (Å²) in [6.07, 6.45) is 1.77. The number of benzene rings is 2. The molecule has 0 amide bonds. The van der Waals surface area contributed by atoms with Gasteiger partial charge in [-0.1, -0.05) is 78.0 Å². The van der Waals surface area contributed by atoms with Crippen LogP contribution in [0.1, 0.15) is 52.7 Å². The normalized spacial score (nSPS) is 12.5. The van der Waals surface area contributed by atoms with E-state index in [0.29, 0.717) is 11.5 Å². The summed E-state index contributed by atoms with van der Waals surface area (Å²) in [6.45, 7) is 12.8. The zero-order chi connectivity index (χ0) is 21.2. The lowest BCUT2D eigenvalue weighted by molar-refractivity contribution is 0.403. The molecule has 0 unspecified atom stereocenters. The van der Waals surface area contributed by atoms with Crippen LogP contribution in [0.4, 0.5) is 0 Å². The van der Waals surface area contributed by atoms with Gasteiger partial charge in [0.25, 0.3) is 0 Å². The lowest BCUT2D eigenvalue weighted by Crippen LogP contribution is -2.11. The highest BCUT2D eigenvalue weighted by atomic mass is 32.2. The van der Waals surface area contributed by atoms with E-state index in [-0.39, 0.29) is 14.8 Å². The fraction of sp³-hybridized carbons (Fsp3) is 0.409. The SMILES string of the molecule is CSC(=S)P(=O)(Oc1ccc(C(C)(C)C)cc1)Oc1ccc(C(C)(C)C)cc1. The zero-order valence-corrected chi connectivity index (χ0v) is 20.1. The van der Waals surface area contributed by atoms with Gasteiger partial charge in [-0.05, 0) is 52.5 Å². The third-order valence-corrected chi connectivity index (χ3v) is 8.38. The van der Waals surface area contributed by atoms with Crippen LogP contribution >= 0.6 is 31.6 Å². The van der Waals surface area contributed by atoms with E-state index in [0.717, 1.165) is 0 Å². The molecule has 0 spiro atoms. The second-order valence-electron chi connectivity index (χ2n) is 8.70. The molecule has 152 valence electrons. The van der Waals surface area contributed by atoms with Crippen molar-refractivity contribution in [2.24, 2.45) is 0 Å². The number of hydrogen-bond donors (Lipinski definition) is 0. The van der Waals surface area contributed by atoms with E-state index >= 15 is 0 Å². The van der Waals surface area contributed by atoms with Gasteiger partial charge in [0.05, 0.1) is 0 Å². The lowest BCUT2D eigenvalue weighted by Gasteiger charge is -2.22. The molecule has 0 heterocycles. The molecular formula is C22H29O3PS2. The molecule has 28 heavy (non-hydrogen) atoms. The number of rotatable bonds is 5. The van der Waals surface area contributed by atoms with Gasteiger partial charge in [-0.25, -0.2) is 4.57 Å². The Hall–Kier alpha value is -1.29. The molecule has 0 aliphatic rings. The Morgan fingerprint density at radius 2 is 1.11 bits per heavy atom. The van der Waals surface area contributed by atoms with Crippen molar-refractivity contribution in [3.63, 3.8) is 0 Å². The van der Waals surface area contributed by atoms with Crippen molar-refractivity contribution in [2.75, 3.05) is 6.26 Å². The third-order valence-electron chi connectivity index (χ3n) is 4.29. The molecule has 0 radical (unpaired) electrons. The highest BCUT2D eigenvalue weighted by Crippen LogP contribution is 2.53. The maximum absolute atomic E-state index is 13.4. The van der Waals surface area contributed by atoms with Crippen LogP contribution in [0, 0.1) is 0 Å². The fourth-order valence-electron chi connectivity index (χ4n) is 2.51. The van der Waals surface area contributed by atoms with E-state index in [4.69, 9.17) is 21.3 Å². The van der Waals surface area contributed by atoms with Crippen molar-refractivity contribution in [3.8, 4) is 11.5 Å². The topological polar surface area (TPSA) is 35.5 Å². The van der Waals surface area contributed by atoms with Crippen molar-refractivity contribution in [1.82, 2.24) is 0 Å². The highest BCUT2D eigenvalue weighted by Gasteiger charge is 2.34. The van der Waals surface area contributed by atoms with Crippen LogP contribution in [0.2, 0.25) is 0 Å². The van der Waals surface area contributed by atoms with Crippen LogP contribution in [0.3, 0.4) is 0 Å². The molecule has 0 N–H and O–H groups in total. The summed E-state index contributed by atoms with van der Waals surface area (Å²) in [6, 6.07) is 15.1. The Morgan fingerprint density at radius 3 is 1.36 bits per heavy atom. The molecule has 0 saturated heterocycles. The van der Waals surface area contributed by atoms with Gasteiger partial charge >= 0.3 is 7.60 Å². The van der Waals surface area contributed by atoms with Crippen LogP contribution in [-0.2, 0) is 15.4 Å². The van der Waals surface area contributed by atoms with Crippen molar-refractivity contribution in [2.45, 2.75) is 52.4 Å². The minimum Gasteiger partial charge on any atom is -0.412 e. The minimum atomic E-state index is -3.67. The van der Waals surface area contributed by atoms with Crippen LogP contribution in [0.15, 0.2) is 48.5 Å². The maximum Gasteiger partial charge on any atom is 0.480 e. The van der Waals surface area contributed by atoms with Crippen LogP contribution in [0.5, 0.6) is 11.5 Å². The molecule has 2 aromatic rings. The molecule has 2 rings (SSSR count). The van der Waals surface area contributed by atoms with E-state index in [1.807, 2.05) is 48.5 Å². The monoisotopic (exact) mass is 436 g/mol. The Morgan fingerprint density at radius 1 is 0.786 bits per heavy atom. The molecule has 0 atom stereocenters. The lowest BCUT2D eigenvalue weighted by atomic mass is 9.87. The fourth-order valence-corrected chi connectivity index (χ4v) is 4.84. The number of hydrogen-bond acceptors (Lipinski definition) is 5. The van der Waals surface area contributed by atoms with E-state index in [1.54, 1.807) is 6.26 Å². The second-order valence-corrected chi connectivity index (χ2v) is 12.6. The Bertz CT molecular complexity index is 797. The number of thiocarbonyl (C=S) groups is 1. The Labute approximate surface area is 178 Å². The van der Waals surface area contributed by atoms with Gasteiger partial charge in [0.15, 0.2) is 3.94 Å². The largest absolute Gasteiger partial charge is 0.480 e. The molecule has 0 bridgehead atoms. The first-order valence-electron chi connectivity index (χ1n) is 9.14. The first-order valence-corrected chi connectivity index (χ1v) is 12.3. The standard InChI is InChI=1S/C22H29O3PS2/c1-21(2,3)16-8-12-18(13-9-16)24-26(23,20(27)28-7)25-19-14-10-17(11-15-19)22(4,5)6/h8-15H,1-7H3. The van der Waals surface area contributed by atoms with Gasteiger partial charge in [0.1, 0.15) is 11.5 Å². The zero-order valence-electron chi connectivity index (χ0n) is 17.6. The predicted octanol–water partition coefficient (Wildman–Crippen LogP) is 7.58. The summed E-state index contributed by atoms with van der Waals surface area (Å²) in [4.78, 5) is 0. The highest BCUT2D eigenvalue weighted by molar-refractivity contribution is 8.35. The summed E-state index contributed by atoms with van der Waals surface area (Å²) < 4.78 is 25.2. The number of thioether (sulfide) groups is 1. The quantitative estimate of drug-likeness (QED) is 0.356. The second kappa shape index (κ2) is 8.61. The Kier molecular flexibility index (Phi) is 7.07. The molecule has 3 nitrogen and oxygen atoms in total. The smallest absolute Gasteiger partial charge is 0.412 e. The van der Waals surface area contributed by atoms with Crippen molar-refractivity contribution in [3.05, 3.63) is 59.7 Å². The predicted molar refractivity (Wildman–Crippen MR) is 125 cm³/mol. The van der Waals surface area contributed by atoms with Crippen molar-refractivity contribution < 1.29 is 13.6 Å². The van der Waals surface area contributed by atoms with Crippen LogP contribution in [-0.4, -0.2) is 10.2 Å². The molecule has 0 fully saturated rings. The van der Waals surface area contributed by atoms with E-state index in [2.05, 4.69) is 41.5 Å². The summed E-state index contributed by atoms with van der Waals surface area (Å²) in [5.41, 5.74) is 2.39. The van der Waals surface area contributed by atoms with E-state index in [9.17, 15) is 4.57 Å². The third kappa shape index (κ3) is 5.85. The van der Waals surface area contributed by atoms with Gasteiger partial charge in [-0.15, -0.1) is 11.8 Å². The summed E-state index contributed by atoms with van der Waals surface area (Å²) in [7, 11) is -3.67. The first-order chi connectivity index (χ1) is 12.8. The molecule has 0 aliphatic carbocycles. The molecular weight excluding hydrogens is 407 g/mol. The average molecular weight is 437 g/mol. The summed E-state index contributed by atoms with van der Waals surface area (Å²) in [5.74, 6) is 0.943. The van der Waals surface area contributed by atoms with Gasteiger partial charge in [-0.2, -0.15) is 0 Å². The van der Waals surface area contributed by atoms with Gasteiger partial charge < -0.3 is 9.05 Å². The van der Waals surface area contributed by atoms with Crippen molar-refractivity contribution in [1.29, 1.82) is 0 Å². The van der Waals surface area contributed by atoms with E-state index < -0.39 is 7.60 Å². The molecule has 2 aromatic carbocycles.